The van der Waals surface area contributed by atoms with Crippen molar-refractivity contribution in [2.24, 2.45) is 5.92 Å². The van der Waals surface area contributed by atoms with Gasteiger partial charge in [-0.25, -0.2) is 0 Å². The number of amides is 1. The van der Waals surface area contributed by atoms with E-state index < -0.39 is 0 Å². The molecule has 2 unspecified atom stereocenters. The molecule has 2 rings (SSSR count). The monoisotopic (exact) mass is 306 g/mol. The molecule has 0 aliphatic heterocycles. The van der Waals surface area contributed by atoms with Crippen molar-refractivity contribution in [3.63, 3.8) is 0 Å². The Morgan fingerprint density at radius 1 is 1.45 bits per heavy atom. The van der Waals surface area contributed by atoms with Crippen LogP contribution in [-0.4, -0.2) is 48.8 Å². The second-order valence-corrected chi connectivity index (χ2v) is 6.05. The zero-order valence-electron chi connectivity index (χ0n) is 13.6. The molecule has 2 atom stereocenters. The van der Waals surface area contributed by atoms with Crippen LogP contribution in [0.15, 0.2) is 24.3 Å². The number of nitrogens with zero attached hydrogens (tertiary/aromatic N) is 1. The van der Waals surface area contributed by atoms with Crippen molar-refractivity contribution >= 4 is 5.91 Å². The van der Waals surface area contributed by atoms with Crippen molar-refractivity contribution in [1.82, 2.24) is 10.2 Å². The van der Waals surface area contributed by atoms with Gasteiger partial charge in [0, 0.05) is 18.7 Å². The molecule has 2 N–H and O–H groups in total. The minimum absolute atomic E-state index is 0.0450. The fraction of sp³-hybridized carbons (Fsp3) is 0.588. The maximum atomic E-state index is 12.2. The Morgan fingerprint density at radius 2 is 2.14 bits per heavy atom. The van der Waals surface area contributed by atoms with Crippen LogP contribution in [0, 0.1) is 5.92 Å². The molecule has 1 aliphatic carbocycles. The molecule has 1 aromatic rings. The van der Waals surface area contributed by atoms with Gasteiger partial charge in [0.05, 0.1) is 19.3 Å². The molecular weight excluding hydrogens is 280 g/mol. The largest absolute Gasteiger partial charge is 0.496 e. The second-order valence-electron chi connectivity index (χ2n) is 6.05. The number of methoxy groups -OCH3 is 1. The number of hydrogen-bond acceptors (Lipinski definition) is 4. The summed E-state index contributed by atoms with van der Waals surface area (Å²) in [7, 11) is 3.50. The Morgan fingerprint density at radius 3 is 2.77 bits per heavy atom. The molecular formula is C17H26N2O3. The van der Waals surface area contributed by atoms with Gasteiger partial charge in [0.15, 0.2) is 0 Å². The summed E-state index contributed by atoms with van der Waals surface area (Å²) in [6.07, 6.45) is 1.88. The van der Waals surface area contributed by atoms with E-state index in [1.54, 1.807) is 7.11 Å². The summed E-state index contributed by atoms with van der Waals surface area (Å²) >= 11 is 0. The molecule has 0 heterocycles. The van der Waals surface area contributed by atoms with Gasteiger partial charge in [-0.2, -0.15) is 0 Å². The molecule has 22 heavy (non-hydrogen) atoms. The molecule has 0 bridgehead atoms. The molecule has 0 aromatic heterocycles. The average Bonchev–Trinajstić information content (AvgIpc) is 3.36. The van der Waals surface area contributed by atoms with Gasteiger partial charge in [0.2, 0.25) is 5.91 Å². The first-order chi connectivity index (χ1) is 10.5. The third kappa shape index (κ3) is 4.45. The normalized spacial score (nSPS) is 17.1. The lowest BCUT2D eigenvalue weighted by molar-refractivity contribution is -0.126. The van der Waals surface area contributed by atoms with Gasteiger partial charge in [-0.3, -0.25) is 9.69 Å². The fourth-order valence-corrected chi connectivity index (χ4v) is 2.46. The lowest BCUT2D eigenvalue weighted by Crippen LogP contribution is -2.46. The van der Waals surface area contributed by atoms with Crippen LogP contribution >= 0.6 is 0 Å². The summed E-state index contributed by atoms with van der Waals surface area (Å²) < 4.78 is 5.28. The number of carbonyl (C=O) groups is 1. The molecule has 1 fully saturated rings. The molecule has 1 aromatic carbocycles. The Hall–Kier alpha value is -1.59. The van der Waals surface area contributed by atoms with E-state index in [0.29, 0.717) is 19.0 Å². The van der Waals surface area contributed by atoms with E-state index in [1.807, 2.05) is 43.1 Å². The predicted octanol–water partition coefficient (Wildman–Crippen LogP) is 1.40. The van der Waals surface area contributed by atoms with Crippen molar-refractivity contribution in [2.75, 3.05) is 20.7 Å². The first-order valence-corrected chi connectivity index (χ1v) is 7.80. The van der Waals surface area contributed by atoms with Crippen molar-refractivity contribution in [3.8, 4) is 5.75 Å². The van der Waals surface area contributed by atoms with Crippen LogP contribution in [0.1, 0.15) is 25.3 Å². The quantitative estimate of drug-likeness (QED) is 0.762. The molecule has 5 heteroatoms. The van der Waals surface area contributed by atoms with E-state index in [4.69, 9.17) is 4.74 Å². The van der Waals surface area contributed by atoms with Gasteiger partial charge in [-0.1, -0.05) is 18.2 Å². The molecule has 1 aliphatic rings. The van der Waals surface area contributed by atoms with Crippen LogP contribution in [0.2, 0.25) is 0 Å². The standard InChI is InChI=1S/C17H26N2O3/c1-12(19(2)11-15(20)13-8-9-13)17(21)18-10-14-6-4-5-7-16(14)22-3/h4-7,12-13,15,20H,8-11H2,1-3H3,(H,18,21). The van der Waals surface area contributed by atoms with Crippen LogP contribution < -0.4 is 10.1 Å². The maximum absolute atomic E-state index is 12.2. The molecule has 0 saturated heterocycles. The lowest BCUT2D eigenvalue weighted by Gasteiger charge is -2.26. The molecule has 5 nitrogen and oxygen atoms in total. The highest BCUT2D eigenvalue weighted by atomic mass is 16.5. The van der Waals surface area contributed by atoms with Crippen LogP contribution in [0.25, 0.3) is 0 Å². The van der Waals surface area contributed by atoms with E-state index in [-0.39, 0.29) is 18.1 Å². The number of para-hydroxylation sites is 1. The minimum Gasteiger partial charge on any atom is -0.496 e. The van der Waals surface area contributed by atoms with Gasteiger partial charge in [0.25, 0.3) is 0 Å². The van der Waals surface area contributed by atoms with Gasteiger partial charge in [-0.15, -0.1) is 0 Å². The number of hydrogen-bond donors (Lipinski definition) is 2. The Labute approximate surface area is 132 Å². The topological polar surface area (TPSA) is 61.8 Å². The lowest BCUT2D eigenvalue weighted by atomic mass is 10.1. The third-order valence-electron chi connectivity index (χ3n) is 4.33. The number of benzene rings is 1. The van der Waals surface area contributed by atoms with Gasteiger partial charge >= 0.3 is 0 Å². The zero-order chi connectivity index (χ0) is 16.1. The van der Waals surface area contributed by atoms with Gasteiger partial charge < -0.3 is 15.2 Å². The van der Waals surface area contributed by atoms with E-state index in [0.717, 1.165) is 24.2 Å². The first kappa shape index (κ1) is 16.8. The molecule has 122 valence electrons. The van der Waals surface area contributed by atoms with Crippen molar-refractivity contribution in [3.05, 3.63) is 29.8 Å². The SMILES string of the molecule is COc1ccccc1CNC(=O)C(C)N(C)CC(O)C1CC1. The summed E-state index contributed by atoms with van der Waals surface area (Å²) in [6, 6.07) is 7.36. The Balaban J connectivity index is 1.82. The van der Waals surface area contributed by atoms with Crippen molar-refractivity contribution in [2.45, 2.75) is 38.5 Å². The zero-order valence-corrected chi connectivity index (χ0v) is 13.6. The number of likely N-dealkylation sites (N-methyl/N-ethyl adjacent to an activating group) is 1. The summed E-state index contributed by atoms with van der Waals surface area (Å²) in [6.45, 7) is 2.83. The van der Waals surface area contributed by atoms with Crippen LogP contribution in [0.5, 0.6) is 5.75 Å². The number of ether oxygens (including phenoxy) is 1. The number of aliphatic hydroxyl groups excluding tert-OH is 1. The highest BCUT2D eigenvalue weighted by molar-refractivity contribution is 5.81. The Kier molecular flexibility index (Phi) is 5.80. The Bertz CT molecular complexity index is 502. The van der Waals surface area contributed by atoms with Crippen molar-refractivity contribution in [1.29, 1.82) is 0 Å². The second kappa shape index (κ2) is 7.61. The van der Waals surface area contributed by atoms with Crippen LogP contribution in [0.4, 0.5) is 0 Å². The highest BCUT2D eigenvalue weighted by Gasteiger charge is 2.31. The minimum atomic E-state index is -0.325. The predicted molar refractivity (Wildman–Crippen MR) is 85.7 cm³/mol. The number of nitrogens with one attached hydrogen (secondary N) is 1. The number of aliphatic hydroxyl groups is 1. The van der Waals surface area contributed by atoms with Crippen LogP contribution in [-0.2, 0) is 11.3 Å². The summed E-state index contributed by atoms with van der Waals surface area (Å²) in [4.78, 5) is 14.2. The van der Waals surface area contributed by atoms with E-state index in [2.05, 4.69) is 5.32 Å². The van der Waals surface area contributed by atoms with Crippen molar-refractivity contribution < 1.29 is 14.6 Å². The van der Waals surface area contributed by atoms with E-state index in [9.17, 15) is 9.90 Å². The first-order valence-electron chi connectivity index (χ1n) is 7.80. The van der Waals surface area contributed by atoms with Gasteiger partial charge in [0.1, 0.15) is 5.75 Å². The molecule has 0 radical (unpaired) electrons. The fourth-order valence-electron chi connectivity index (χ4n) is 2.46. The maximum Gasteiger partial charge on any atom is 0.237 e. The number of rotatable bonds is 8. The highest BCUT2D eigenvalue weighted by Crippen LogP contribution is 2.32. The van der Waals surface area contributed by atoms with Crippen LogP contribution in [0.3, 0.4) is 0 Å². The van der Waals surface area contributed by atoms with E-state index >= 15 is 0 Å². The average molecular weight is 306 g/mol. The van der Waals surface area contributed by atoms with E-state index in [1.165, 1.54) is 0 Å². The molecule has 0 spiro atoms. The summed E-state index contributed by atoms with van der Waals surface area (Å²) in [5.41, 5.74) is 0.950. The number of carbonyl (C=O) groups excluding carboxylic acids is 1. The smallest absolute Gasteiger partial charge is 0.237 e. The van der Waals surface area contributed by atoms with Gasteiger partial charge in [-0.05, 0) is 38.8 Å². The summed E-state index contributed by atoms with van der Waals surface area (Å²) in [5, 5.41) is 12.9. The molecule has 1 saturated carbocycles. The molecule has 1 amide bonds. The third-order valence-corrected chi connectivity index (χ3v) is 4.33. The summed E-state index contributed by atoms with van der Waals surface area (Å²) in [5.74, 6) is 1.15.